The number of aryl methyl sites for hydroxylation is 1. The second-order valence-corrected chi connectivity index (χ2v) is 4.73. The van der Waals surface area contributed by atoms with Gasteiger partial charge < -0.3 is 5.73 Å². The lowest BCUT2D eigenvalue weighted by atomic mass is 10.0. The molecule has 0 amide bonds. The van der Waals surface area contributed by atoms with Gasteiger partial charge in [-0.25, -0.2) is 0 Å². The van der Waals surface area contributed by atoms with Crippen molar-refractivity contribution in [2.75, 3.05) is 5.73 Å². The van der Waals surface area contributed by atoms with Gasteiger partial charge >= 0.3 is 0 Å². The van der Waals surface area contributed by atoms with Crippen LogP contribution >= 0.6 is 27.3 Å². The highest BCUT2D eigenvalue weighted by Crippen LogP contribution is 2.33. The molecule has 3 heteroatoms. The van der Waals surface area contributed by atoms with Crippen molar-refractivity contribution in [3.05, 3.63) is 28.6 Å². The Kier molecular flexibility index (Phi) is 2.79. The van der Waals surface area contributed by atoms with Crippen molar-refractivity contribution in [1.29, 1.82) is 0 Å². The van der Waals surface area contributed by atoms with Gasteiger partial charge in [-0.15, -0.1) is 11.3 Å². The third-order valence-electron chi connectivity index (χ3n) is 2.46. The minimum Gasteiger partial charge on any atom is -0.398 e. The predicted molar refractivity (Wildman–Crippen MR) is 68.2 cm³/mol. The summed E-state index contributed by atoms with van der Waals surface area (Å²) in [6.45, 7) is 2.15. The predicted octanol–water partition coefficient (Wildman–Crippen LogP) is 3.94. The summed E-state index contributed by atoms with van der Waals surface area (Å²) in [4.78, 5) is 0. The number of anilines is 1. The number of nitrogens with two attached hydrogens (primary N) is 1. The van der Waals surface area contributed by atoms with Gasteiger partial charge in [-0.1, -0.05) is 22.9 Å². The molecule has 0 saturated carbocycles. The topological polar surface area (TPSA) is 26.0 Å². The molecular formula is C11H12BrNS. The average Bonchev–Trinajstić information content (AvgIpc) is 2.61. The van der Waals surface area contributed by atoms with E-state index >= 15 is 0 Å². The number of halogens is 1. The number of hydrogen-bond acceptors (Lipinski definition) is 2. The maximum atomic E-state index is 5.97. The maximum absolute atomic E-state index is 5.97. The molecule has 0 aliphatic rings. The molecule has 0 bridgehead atoms. The van der Waals surface area contributed by atoms with Gasteiger partial charge in [0, 0.05) is 21.1 Å². The molecule has 0 spiro atoms. The second kappa shape index (κ2) is 3.91. The first-order valence-corrected chi connectivity index (χ1v) is 6.61. The highest BCUT2D eigenvalue weighted by atomic mass is 79.9. The molecule has 1 aromatic heterocycles. The van der Waals surface area contributed by atoms with Crippen LogP contribution in [-0.4, -0.2) is 0 Å². The van der Waals surface area contributed by atoms with Crippen LogP contribution in [0.15, 0.2) is 17.5 Å². The molecule has 74 valence electrons. The molecule has 0 atom stereocenters. The average molecular weight is 270 g/mol. The van der Waals surface area contributed by atoms with Crippen LogP contribution in [0.4, 0.5) is 5.69 Å². The van der Waals surface area contributed by atoms with Gasteiger partial charge in [0.25, 0.3) is 0 Å². The van der Waals surface area contributed by atoms with Crippen LogP contribution in [0.25, 0.3) is 10.1 Å². The van der Waals surface area contributed by atoms with E-state index < -0.39 is 0 Å². The SMILES string of the molecule is CCc1c(N)ccc2scc(CBr)c12. The quantitative estimate of drug-likeness (QED) is 0.649. The van der Waals surface area contributed by atoms with E-state index in [-0.39, 0.29) is 0 Å². The van der Waals surface area contributed by atoms with Gasteiger partial charge in [0.15, 0.2) is 0 Å². The zero-order valence-electron chi connectivity index (χ0n) is 8.01. The summed E-state index contributed by atoms with van der Waals surface area (Å²) in [6, 6.07) is 4.12. The fourth-order valence-electron chi connectivity index (χ4n) is 1.77. The summed E-state index contributed by atoms with van der Waals surface area (Å²) >= 11 is 5.30. The van der Waals surface area contributed by atoms with Gasteiger partial charge in [-0.2, -0.15) is 0 Å². The Balaban J connectivity index is 2.81. The Bertz CT molecular complexity index is 462. The van der Waals surface area contributed by atoms with Gasteiger partial charge in [0.2, 0.25) is 0 Å². The molecule has 0 aliphatic carbocycles. The number of fused-ring (bicyclic) bond motifs is 1. The molecule has 0 fully saturated rings. The van der Waals surface area contributed by atoms with Crippen molar-refractivity contribution in [2.24, 2.45) is 0 Å². The number of hydrogen-bond donors (Lipinski definition) is 1. The van der Waals surface area contributed by atoms with Crippen LogP contribution in [0.1, 0.15) is 18.1 Å². The molecule has 2 aromatic rings. The standard InChI is InChI=1S/C11H12BrNS/c1-2-8-9(13)3-4-10-11(8)7(5-12)6-14-10/h3-4,6H,2,5,13H2,1H3. The number of rotatable bonds is 2. The Morgan fingerprint density at radius 2 is 2.21 bits per heavy atom. The molecular weight excluding hydrogens is 258 g/mol. The summed E-state index contributed by atoms with van der Waals surface area (Å²) in [6.07, 6.45) is 1.000. The molecule has 1 aromatic carbocycles. The molecule has 1 nitrogen and oxygen atoms in total. The van der Waals surface area contributed by atoms with Gasteiger partial charge in [-0.05, 0) is 35.1 Å². The summed E-state index contributed by atoms with van der Waals surface area (Å²) in [5, 5.41) is 4.47. The summed E-state index contributed by atoms with van der Waals surface area (Å²) in [7, 11) is 0. The van der Waals surface area contributed by atoms with E-state index in [1.54, 1.807) is 11.3 Å². The Hall–Kier alpha value is -0.540. The fourth-order valence-corrected chi connectivity index (χ4v) is 3.41. The largest absolute Gasteiger partial charge is 0.398 e. The van der Waals surface area contributed by atoms with Crippen molar-refractivity contribution in [1.82, 2.24) is 0 Å². The fraction of sp³-hybridized carbons (Fsp3) is 0.273. The summed E-state index contributed by atoms with van der Waals surface area (Å²) in [5.74, 6) is 0. The van der Waals surface area contributed by atoms with Crippen molar-refractivity contribution in [3.8, 4) is 0 Å². The smallest absolute Gasteiger partial charge is 0.0353 e. The van der Waals surface area contributed by atoms with E-state index in [0.29, 0.717) is 0 Å². The van der Waals surface area contributed by atoms with Crippen LogP contribution in [0, 0.1) is 0 Å². The zero-order valence-corrected chi connectivity index (χ0v) is 10.4. The Morgan fingerprint density at radius 1 is 1.43 bits per heavy atom. The second-order valence-electron chi connectivity index (χ2n) is 3.25. The van der Waals surface area contributed by atoms with Gasteiger partial charge in [0.05, 0.1) is 0 Å². The maximum Gasteiger partial charge on any atom is 0.0353 e. The summed E-state index contributed by atoms with van der Waals surface area (Å²) in [5.41, 5.74) is 9.53. The molecule has 0 aliphatic heterocycles. The van der Waals surface area contributed by atoms with Crippen LogP contribution in [0.3, 0.4) is 0 Å². The lowest BCUT2D eigenvalue weighted by molar-refractivity contribution is 1.16. The summed E-state index contributed by atoms with van der Waals surface area (Å²) < 4.78 is 1.34. The Labute approximate surface area is 96.1 Å². The van der Waals surface area contributed by atoms with Gasteiger partial charge in [0.1, 0.15) is 0 Å². The number of thiophene rings is 1. The number of nitrogen functional groups attached to an aromatic ring is 1. The van der Waals surface area contributed by atoms with E-state index in [1.165, 1.54) is 21.2 Å². The van der Waals surface area contributed by atoms with Crippen molar-refractivity contribution >= 4 is 43.0 Å². The van der Waals surface area contributed by atoms with Crippen LogP contribution < -0.4 is 5.73 Å². The third kappa shape index (κ3) is 1.44. The van der Waals surface area contributed by atoms with Crippen LogP contribution in [0.2, 0.25) is 0 Å². The molecule has 0 radical (unpaired) electrons. The number of alkyl halides is 1. The first-order valence-electron chi connectivity index (χ1n) is 4.61. The molecule has 2 rings (SSSR count). The minimum absolute atomic E-state index is 0.906. The normalized spacial score (nSPS) is 11.0. The molecule has 0 unspecified atom stereocenters. The highest BCUT2D eigenvalue weighted by Gasteiger charge is 2.09. The minimum atomic E-state index is 0.906. The van der Waals surface area contributed by atoms with Crippen LogP contribution in [0.5, 0.6) is 0 Å². The van der Waals surface area contributed by atoms with Gasteiger partial charge in [-0.3, -0.25) is 0 Å². The molecule has 0 saturated heterocycles. The molecule has 1 heterocycles. The van der Waals surface area contributed by atoms with Crippen molar-refractivity contribution in [2.45, 2.75) is 18.7 Å². The third-order valence-corrected chi connectivity index (χ3v) is 4.06. The van der Waals surface area contributed by atoms with E-state index in [2.05, 4.69) is 34.3 Å². The van der Waals surface area contributed by atoms with E-state index in [4.69, 9.17) is 5.73 Å². The first kappa shape index (κ1) is 9.99. The molecule has 2 N–H and O–H groups in total. The van der Waals surface area contributed by atoms with Crippen molar-refractivity contribution in [3.63, 3.8) is 0 Å². The van der Waals surface area contributed by atoms with Crippen LogP contribution in [-0.2, 0) is 11.8 Å². The van der Waals surface area contributed by atoms with E-state index in [9.17, 15) is 0 Å². The highest BCUT2D eigenvalue weighted by molar-refractivity contribution is 9.08. The molecule has 14 heavy (non-hydrogen) atoms. The van der Waals surface area contributed by atoms with E-state index in [1.807, 2.05) is 6.07 Å². The van der Waals surface area contributed by atoms with Crippen molar-refractivity contribution < 1.29 is 0 Å². The lowest BCUT2D eigenvalue weighted by Gasteiger charge is -2.06. The monoisotopic (exact) mass is 269 g/mol. The Morgan fingerprint density at radius 3 is 2.86 bits per heavy atom. The first-order chi connectivity index (χ1) is 6.77. The number of benzene rings is 1. The van der Waals surface area contributed by atoms with E-state index in [0.717, 1.165) is 17.4 Å². The zero-order chi connectivity index (χ0) is 10.1. The lowest BCUT2D eigenvalue weighted by Crippen LogP contribution is -1.93.